The van der Waals surface area contributed by atoms with Gasteiger partial charge >= 0.3 is 0 Å². The Bertz CT molecular complexity index is 1100. The topological polar surface area (TPSA) is 62.7 Å². The van der Waals surface area contributed by atoms with Crippen molar-refractivity contribution in [2.24, 2.45) is 0 Å². The number of rotatable bonds is 6. The van der Waals surface area contributed by atoms with E-state index in [0.717, 1.165) is 23.4 Å². The second kappa shape index (κ2) is 8.43. The predicted octanol–water partition coefficient (Wildman–Crippen LogP) is 5.17. The van der Waals surface area contributed by atoms with Gasteiger partial charge in [-0.05, 0) is 24.3 Å². The molecule has 2 heterocycles. The molecule has 0 saturated heterocycles. The van der Waals surface area contributed by atoms with E-state index >= 15 is 0 Å². The second-order valence-corrected chi connectivity index (χ2v) is 6.26. The number of hydrogen-bond donors (Lipinski definition) is 2. The molecule has 144 valence electrons. The standard InChI is InChI=1S/C22H17F2N5/c23-18-10-9-16(12-19(18)24)27-22-28-20(15-6-2-1-3-7-15)13-21(29-22)26-14-17-8-4-5-11-25-17/h1-13H,14H2,(H2,26,27,28,29). The molecule has 0 spiro atoms. The number of nitrogens with zero attached hydrogens (tertiary/aromatic N) is 3. The van der Waals surface area contributed by atoms with E-state index in [1.165, 1.54) is 6.07 Å². The molecule has 0 unspecified atom stereocenters. The number of pyridine rings is 1. The molecule has 0 aliphatic rings. The van der Waals surface area contributed by atoms with Crippen LogP contribution >= 0.6 is 0 Å². The summed E-state index contributed by atoms with van der Waals surface area (Å²) >= 11 is 0. The van der Waals surface area contributed by atoms with Crippen molar-refractivity contribution >= 4 is 17.5 Å². The van der Waals surface area contributed by atoms with Gasteiger partial charge in [-0.2, -0.15) is 4.98 Å². The lowest BCUT2D eigenvalue weighted by Gasteiger charge is -2.11. The maximum Gasteiger partial charge on any atom is 0.229 e. The number of anilines is 3. The van der Waals surface area contributed by atoms with Gasteiger partial charge in [0.25, 0.3) is 0 Å². The van der Waals surface area contributed by atoms with Gasteiger partial charge in [0, 0.05) is 29.6 Å². The van der Waals surface area contributed by atoms with Crippen molar-refractivity contribution in [3.05, 3.63) is 96.3 Å². The molecule has 0 bridgehead atoms. The van der Waals surface area contributed by atoms with E-state index in [1.807, 2.05) is 54.6 Å². The third-order valence-electron chi connectivity index (χ3n) is 4.15. The number of halogens is 2. The summed E-state index contributed by atoms with van der Waals surface area (Å²) in [5.41, 5.74) is 2.81. The van der Waals surface area contributed by atoms with Gasteiger partial charge < -0.3 is 10.6 Å². The normalized spacial score (nSPS) is 10.6. The van der Waals surface area contributed by atoms with E-state index in [4.69, 9.17) is 0 Å². The Kier molecular flexibility index (Phi) is 5.38. The first-order chi connectivity index (χ1) is 14.2. The van der Waals surface area contributed by atoms with E-state index in [0.29, 0.717) is 23.7 Å². The summed E-state index contributed by atoms with van der Waals surface area (Å²) in [6.07, 6.45) is 1.72. The zero-order valence-electron chi connectivity index (χ0n) is 15.3. The Balaban J connectivity index is 1.64. The van der Waals surface area contributed by atoms with E-state index in [2.05, 4.69) is 25.6 Å². The van der Waals surface area contributed by atoms with Crippen molar-refractivity contribution in [2.75, 3.05) is 10.6 Å². The molecule has 0 amide bonds. The maximum atomic E-state index is 13.5. The Morgan fingerprint density at radius 3 is 2.38 bits per heavy atom. The highest BCUT2D eigenvalue weighted by Crippen LogP contribution is 2.24. The van der Waals surface area contributed by atoms with Gasteiger partial charge in [0.15, 0.2) is 11.6 Å². The lowest BCUT2D eigenvalue weighted by molar-refractivity contribution is 0.509. The average Bonchev–Trinajstić information content (AvgIpc) is 2.76. The molecule has 2 aromatic carbocycles. The van der Waals surface area contributed by atoms with Gasteiger partial charge in [-0.25, -0.2) is 13.8 Å². The zero-order chi connectivity index (χ0) is 20.1. The van der Waals surface area contributed by atoms with Crippen LogP contribution in [0.4, 0.5) is 26.2 Å². The Hall–Kier alpha value is -3.87. The quantitative estimate of drug-likeness (QED) is 0.476. The molecule has 0 saturated carbocycles. The minimum Gasteiger partial charge on any atom is -0.364 e. The van der Waals surface area contributed by atoms with Gasteiger partial charge in [-0.3, -0.25) is 4.98 Å². The van der Waals surface area contributed by atoms with Gasteiger partial charge in [0.2, 0.25) is 5.95 Å². The van der Waals surface area contributed by atoms with Crippen molar-refractivity contribution in [3.8, 4) is 11.3 Å². The van der Waals surface area contributed by atoms with Crippen molar-refractivity contribution in [2.45, 2.75) is 6.54 Å². The van der Waals surface area contributed by atoms with Crippen LogP contribution in [0.1, 0.15) is 5.69 Å². The second-order valence-electron chi connectivity index (χ2n) is 6.26. The van der Waals surface area contributed by atoms with E-state index in [-0.39, 0.29) is 5.95 Å². The molecule has 0 fully saturated rings. The highest BCUT2D eigenvalue weighted by atomic mass is 19.2. The largest absolute Gasteiger partial charge is 0.364 e. The average molecular weight is 389 g/mol. The van der Waals surface area contributed by atoms with Gasteiger partial charge in [-0.1, -0.05) is 36.4 Å². The summed E-state index contributed by atoms with van der Waals surface area (Å²) in [4.78, 5) is 13.2. The molecule has 29 heavy (non-hydrogen) atoms. The van der Waals surface area contributed by atoms with Gasteiger partial charge in [0.1, 0.15) is 5.82 Å². The summed E-state index contributed by atoms with van der Waals surface area (Å²) in [7, 11) is 0. The third-order valence-corrected chi connectivity index (χ3v) is 4.15. The molecular formula is C22H17F2N5. The highest BCUT2D eigenvalue weighted by molar-refractivity contribution is 5.66. The summed E-state index contributed by atoms with van der Waals surface area (Å²) in [5.74, 6) is -1.01. The van der Waals surface area contributed by atoms with Crippen molar-refractivity contribution in [1.82, 2.24) is 15.0 Å². The van der Waals surface area contributed by atoms with Crippen LogP contribution < -0.4 is 10.6 Å². The molecule has 4 rings (SSSR count). The van der Waals surface area contributed by atoms with E-state index in [9.17, 15) is 8.78 Å². The van der Waals surface area contributed by atoms with Crippen molar-refractivity contribution < 1.29 is 8.78 Å². The first-order valence-corrected chi connectivity index (χ1v) is 8.98. The Morgan fingerprint density at radius 2 is 1.62 bits per heavy atom. The molecule has 5 nitrogen and oxygen atoms in total. The van der Waals surface area contributed by atoms with Gasteiger partial charge in [0.05, 0.1) is 17.9 Å². The molecule has 0 aliphatic heterocycles. The number of aromatic nitrogens is 3. The Morgan fingerprint density at radius 1 is 0.793 bits per heavy atom. The summed E-state index contributed by atoms with van der Waals surface area (Å²) < 4.78 is 26.7. The van der Waals surface area contributed by atoms with Crippen LogP contribution in [0.5, 0.6) is 0 Å². The lowest BCUT2D eigenvalue weighted by atomic mass is 10.1. The minimum atomic E-state index is -0.942. The summed E-state index contributed by atoms with van der Waals surface area (Å²) in [5, 5.41) is 6.17. The number of nitrogens with one attached hydrogen (secondary N) is 2. The number of hydrogen-bond acceptors (Lipinski definition) is 5. The molecule has 0 radical (unpaired) electrons. The maximum absolute atomic E-state index is 13.5. The summed E-state index contributed by atoms with van der Waals surface area (Å²) in [6, 6.07) is 20.7. The fourth-order valence-electron chi connectivity index (χ4n) is 2.74. The van der Waals surface area contributed by atoms with Crippen LogP contribution in [0, 0.1) is 11.6 Å². The lowest BCUT2D eigenvalue weighted by Crippen LogP contribution is -2.06. The molecule has 2 aromatic heterocycles. The smallest absolute Gasteiger partial charge is 0.229 e. The van der Waals surface area contributed by atoms with Crippen molar-refractivity contribution in [1.29, 1.82) is 0 Å². The van der Waals surface area contributed by atoms with Crippen molar-refractivity contribution in [3.63, 3.8) is 0 Å². The van der Waals surface area contributed by atoms with Crippen LogP contribution in [0.15, 0.2) is 79.0 Å². The fourth-order valence-corrected chi connectivity index (χ4v) is 2.74. The highest BCUT2D eigenvalue weighted by Gasteiger charge is 2.09. The SMILES string of the molecule is Fc1ccc(Nc2nc(NCc3ccccn3)cc(-c3ccccc3)n2)cc1F. The van der Waals surface area contributed by atoms with E-state index < -0.39 is 11.6 Å². The molecule has 4 aromatic rings. The van der Waals surface area contributed by atoms with Crippen LogP contribution in [0.25, 0.3) is 11.3 Å². The van der Waals surface area contributed by atoms with Crippen LogP contribution in [0.2, 0.25) is 0 Å². The molecule has 0 atom stereocenters. The predicted molar refractivity (Wildman–Crippen MR) is 109 cm³/mol. The van der Waals surface area contributed by atoms with Crippen LogP contribution in [0.3, 0.4) is 0 Å². The minimum absolute atomic E-state index is 0.265. The third kappa shape index (κ3) is 4.70. The first kappa shape index (κ1) is 18.5. The van der Waals surface area contributed by atoms with Crippen LogP contribution in [-0.2, 0) is 6.54 Å². The Labute approximate surface area is 166 Å². The summed E-state index contributed by atoms with van der Waals surface area (Å²) in [6.45, 7) is 0.483. The monoisotopic (exact) mass is 389 g/mol. The zero-order valence-corrected chi connectivity index (χ0v) is 15.3. The molecule has 0 aliphatic carbocycles. The first-order valence-electron chi connectivity index (χ1n) is 8.98. The fraction of sp³-hybridized carbons (Fsp3) is 0.0455. The van der Waals surface area contributed by atoms with E-state index in [1.54, 1.807) is 6.20 Å². The number of benzene rings is 2. The molecule has 7 heteroatoms. The molecule has 2 N–H and O–H groups in total. The van der Waals surface area contributed by atoms with Crippen LogP contribution in [-0.4, -0.2) is 15.0 Å². The molecular weight excluding hydrogens is 372 g/mol. The van der Waals surface area contributed by atoms with Gasteiger partial charge in [-0.15, -0.1) is 0 Å².